The van der Waals surface area contributed by atoms with Gasteiger partial charge >= 0.3 is 0 Å². The zero-order chi connectivity index (χ0) is 10.7. The van der Waals surface area contributed by atoms with Crippen LogP contribution in [0.1, 0.15) is 5.56 Å². The molecule has 0 atom stereocenters. The number of nitrogens with two attached hydrogens (primary N) is 1. The average Bonchev–Trinajstić information content (AvgIpc) is 2.77. The van der Waals surface area contributed by atoms with Crippen LogP contribution in [-0.4, -0.2) is 16.5 Å². The fraction of sp³-hybridized carbons (Fsp3) is 0.182. The van der Waals surface area contributed by atoms with Crippen LogP contribution >= 0.6 is 11.8 Å². The maximum Gasteiger partial charge on any atom is 0.0695 e. The lowest BCUT2D eigenvalue weighted by molar-refractivity contribution is 1.08. The molecule has 15 heavy (non-hydrogen) atoms. The van der Waals surface area contributed by atoms with E-state index in [9.17, 15) is 0 Å². The summed E-state index contributed by atoms with van der Waals surface area (Å²) in [6.07, 6.45) is 3.84. The van der Waals surface area contributed by atoms with Crippen molar-refractivity contribution in [2.45, 2.75) is 11.4 Å². The number of thioether (sulfide) groups is 1. The molecule has 78 valence electrons. The van der Waals surface area contributed by atoms with Gasteiger partial charge in [-0.1, -0.05) is 12.1 Å². The van der Waals surface area contributed by atoms with Crippen LogP contribution in [-0.2, 0) is 6.54 Å². The van der Waals surface area contributed by atoms with Crippen LogP contribution in [0.5, 0.6) is 0 Å². The third-order valence-electron chi connectivity index (χ3n) is 2.32. The molecule has 0 fully saturated rings. The normalized spacial score (nSPS) is 10.5. The highest BCUT2D eigenvalue weighted by Gasteiger charge is 2.05. The van der Waals surface area contributed by atoms with Gasteiger partial charge in [0.1, 0.15) is 0 Å². The summed E-state index contributed by atoms with van der Waals surface area (Å²) in [6.45, 7) is 0.510. The van der Waals surface area contributed by atoms with Crippen molar-refractivity contribution in [3.05, 3.63) is 36.0 Å². The largest absolute Gasteiger partial charge is 0.326 e. The number of hydrogen-bond donors (Lipinski definition) is 2. The van der Waals surface area contributed by atoms with Crippen LogP contribution in [0.4, 0.5) is 0 Å². The molecule has 0 saturated heterocycles. The van der Waals surface area contributed by atoms with E-state index in [0.717, 1.165) is 16.8 Å². The van der Waals surface area contributed by atoms with E-state index in [1.807, 2.05) is 0 Å². The number of hydrogen-bond acceptors (Lipinski definition) is 3. The van der Waals surface area contributed by atoms with E-state index in [-0.39, 0.29) is 0 Å². The molecule has 0 saturated carbocycles. The second-order valence-electron chi connectivity index (χ2n) is 3.20. The third kappa shape index (κ3) is 2.06. The standard InChI is InChI=1S/C11H13N3S/c1-15-10-4-2-8(3-5-10)11-9(6-12)7-13-14-11/h2-5,7H,6,12H2,1H3,(H,13,14). The summed E-state index contributed by atoms with van der Waals surface area (Å²) in [7, 11) is 0. The average molecular weight is 219 g/mol. The van der Waals surface area contributed by atoms with Crippen LogP contribution in [0.25, 0.3) is 11.3 Å². The summed E-state index contributed by atoms with van der Waals surface area (Å²) in [4.78, 5) is 1.26. The first-order chi connectivity index (χ1) is 7.35. The van der Waals surface area contributed by atoms with Crippen LogP contribution in [0.2, 0.25) is 0 Å². The highest BCUT2D eigenvalue weighted by Crippen LogP contribution is 2.23. The Kier molecular flexibility index (Phi) is 3.08. The van der Waals surface area contributed by atoms with Crippen molar-refractivity contribution in [1.29, 1.82) is 0 Å². The number of nitrogens with zero attached hydrogens (tertiary/aromatic N) is 1. The summed E-state index contributed by atoms with van der Waals surface area (Å²) in [5.74, 6) is 0. The summed E-state index contributed by atoms with van der Waals surface area (Å²) in [5, 5.41) is 6.98. The van der Waals surface area contributed by atoms with E-state index in [2.05, 4.69) is 40.7 Å². The Hall–Kier alpha value is -1.26. The van der Waals surface area contributed by atoms with Crippen LogP contribution in [0, 0.1) is 0 Å². The molecule has 0 unspecified atom stereocenters. The number of nitrogens with one attached hydrogen (secondary N) is 1. The Morgan fingerprint density at radius 3 is 2.67 bits per heavy atom. The van der Waals surface area contributed by atoms with Crippen molar-refractivity contribution in [3.8, 4) is 11.3 Å². The monoisotopic (exact) mass is 219 g/mol. The molecule has 2 aromatic rings. The molecular formula is C11H13N3S. The second-order valence-corrected chi connectivity index (χ2v) is 4.08. The zero-order valence-corrected chi connectivity index (χ0v) is 9.34. The molecular weight excluding hydrogens is 206 g/mol. The van der Waals surface area contributed by atoms with Crippen LogP contribution in [0.15, 0.2) is 35.4 Å². The minimum absolute atomic E-state index is 0.510. The smallest absolute Gasteiger partial charge is 0.0695 e. The molecule has 4 heteroatoms. The Morgan fingerprint density at radius 2 is 2.07 bits per heavy atom. The van der Waals surface area contributed by atoms with E-state index < -0.39 is 0 Å². The zero-order valence-electron chi connectivity index (χ0n) is 8.53. The van der Waals surface area contributed by atoms with E-state index >= 15 is 0 Å². The van der Waals surface area contributed by atoms with Crippen LogP contribution < -0.4 is 5.73 Å². The van der Waals surface area contributed by atoms with Crippen molar-refractivity contribution in [2.75, 3.05) is 6.26 Å². The molecule has 0 aliphatic rings. The molecule has 2 rings (SSSR count). The minimum atomic E-state index is 0.510. The van der Waals surface area contributed by atoms with Crippen molar-refractivity contribution < 1.29 is 0 Å². The molecule has 1 aromatic carbocycles. The van der Waals surface area contributed by atoms with Gasteiger partial charge in [0.2, 0.25) is 0 Å². The molecule has 0 spiro atoms. The lowest BCUT2D eigenvalue weighted by Gasteiger charge is -2.02. The predicted molar refractivity (Wildman–Crippen MR) is 63.7 cm³/mol. The quantitative estimate of drug-likeness (QED) is 0.778. The number of rotatable bonds is 3. The number of H-pyrrole nitrogens is 1. The number of benzene rings is 1. The van der Waals surface area contributed by atoms with Gasteiger partial charge in [0.05, 0.1) is 11.9 Å². The first kappa shape index (κ1) is 10.3. The van der Waals surface area contributed by atoms with Gasteiger partial charge in [0.25, 0.3) is 0 Å². The van der Waals surface area contributed by atoms with Gasteiger partial charge in [0.15, 0.2) is 0 Å². The van der Waals surface area contributed by atoms with Crippen LogP contribution in [0.3, 0.4) is 0 Å². The lowest BCUT2D eigenvalue weighted by atomic mass is 10.1. The predicted octanol–water partition coefficient (Wildman–Crippen LogP) is 2.26. The Labute approximate surface area is 93.1 Å². The van der Waals surface area contributed by atoms with Gasteiger partial charge < -0.3 is 5.73 Å². The second kappa shape index (κ2) is 4.51. The minimum Gasteiger partial charge on any atom is -0.326 e. The summed E-state index contributed by atoms with van der Waals surface area (Å²) >= 11 is 1.73. The lowest BCUT2D eigenvalue weighted by Crippen LogP contribution is -1.96. The maximum atomic E-state index is 5.62. The first-order valence-corrected chi connectivity index (χ1v) is 5.94. The number of aromatic amines is 1. The molecule has 1 aromatic heterocycles. The van der Waals surface area contributed by atoms with Crippen molar-refractivity contribution >= 4 is 11.8 Å². The van der Waals surface area contributed by atoms with E-state index in [4.69, 9.17) is 5.73 Å². The molecule has 1 heterocycles. The first-order valence-electron chi connectivity index (χ1n) is 4.72. The molecule has 0 radical (unpaired) electrons. The van der Waals surface area contributed by atoms with Crippen molar-refractivity contribution in [1.82, 2.24) is 10.2 Å². The third-order valence-corrected chi connectivity index (χ3v) is 3.06. The molecule has 3 nitrogen and oxygen atoms in total. The molecule has 0 aliphatic heterocycles. The van der Waals surface area contributed by atoms with Crippen molar-refractivity contribution in [2.24, 2.45) is 5.73 Å². The fourth-order valence-corrected chi connectivity index (χ4v) is 1.88. The maximum absolute atomic E-state index is 5.62. The Morgan fingerprint density at radius 1 is 1.33 bits per heavy atom. The van der Waals surface area contributed by atoms with Gasteiger partial charge in [-0.05, 0) is 24.0 Å². The van der Waals surface area contributed by atoms with Crippen molar-refractivity contribution in [3.63, 3.8) is 0 Å². The summed E-state index contributed by atoms with van der Waals surface area (Å²) in [6, 6.07) is 8.36. The van der Waals surface area contributed by atoms with E-state index in [1.54, 1.807) is 18.0 Å². The highest BCUT2D eigenvalue weighted by atomic mass is 32.2. The SMILES string of the molecule is CSc1ccc(-c2[nH]ncc2CN)cc1. The van der Waals surface area contributed by atoms with Gasteiger partial charge in [-0.25, -0.2) is 0 Å². The van der Waals surface area contributed by atoms with Gasteiger partial charge in [-0.15, -0.1) is 11.8 Å². The molecule has 0 amide bonds. The van der Waals surface area contributed by atoms with Gasteiger partial charge in [0, 0.05) is 17.0 Å². The summed E-state index contributed by atoms with van der Waals surface area (Å²) < 4.78 is 0. The van der Waals surface area contributed by atoms with E-state index in [1.165, 1.54) is 4.90 Å². The summed E-state index contributed by atoms with van der Waals surface area (Å²) in [5.41, 5.74) is 8.82. The number of aromatic nitrogens is 2. The Balaban J connectivity index is 2.37. The topological polar surface area (TPSA) is 54.7 Å². The molecule has 0 bridgehead atoms. The van der Waals surface area contributed by atoms with Gasteiger partial charge in [-0.2, -0.15) is 5.10 Å². The van der Waals surface area contributed by atoms with E-state index in [0.29, 0.717) is 6.54 Å². The molecule has 3 N–H and O–H groups in total. The Bertz CT molecular complexity index is 433. The molecule has 0 aliphatic carbocycles. The fourth-order valence-electron chi connectivity index (χ4n) is 1.47. The highest BCUT2D eigenvalue weighted by molar-refractivity contribution is 7.98. The van der Waals surface area contributed by atoms with Gasteiger partial charge in [-0.3, -0.25) is 5.10 Å².